The number of hydrogen-bond donors (Lipinski definition) is 5. The molecule has 12 nitrogen and oxygen atoms in total. The summed E-state index contributed by atoms with van der Waals surface area (Å²) in [5, 5.41) is 31.4. The van der Waals surface area contributed by atoms with Crippen LogP contribution < -0.4 is 16.3 Å². The smallest absolute Gasteiger partial charge is 0.326 e. The van der Waals surface area contributed by atoms with Gasteiger partial charge >= 0.3 is 5.69 Å². The van der Waals surface area contributed by atoms with Crippen molar-refractivity contribution in [1.29, 1.82) is 0 Å². The van der Waals surface area contributed by atoms with Crippen molar-refractivity contribution in [2.75, 3.05) is 13.1 Å². The number of nitrogens with one attached hydrogen (secondary N) is 4. The first-order chi connectivity index (χ1) is 17.0. The maximum Gasteiger partial charge on any atom is 0.326 e. The highest BCUT2D eigenvalue weighted by atomic mass is 16.3. The molecule has 180 valence electrons. The SMILES string of the molecule is CC12NC(=NCc3ccccc3C3CN=NC3)NC(=NC3CC3)N1N=C/C2=C\c1[nH]c(=O)[nH]c1O. The second-order valence-corrected chi connectivity index (χ2v) is 9.21. The van der Waals surface area contributed by atoms with Crippen LogP contribution in [0.25, 0.3) is 6.08 Å². The summed E-state index contributed by atoms with van der Waals surface area (Å²) in [6.45, 7) is 3.84. The van der Waals surface area contributed by atoms with E-state index in [-0.39, 0.29) is 23.5 Å². The number of nitrogens with zero attached hydrogens (tertiary/aromatic N) is 6. The monoisotopic (exact) mass is 474 g/mol. The lowest BCUT2D eigenvalue weighted by atomic mass is 9.95. The summed E-state index contributed by atoms with van der Waals surface area (Å²) < 4.78 is 0. The molecule has 1 atom stereocenters. The van der Waals surface area contributed by atoms with Crippen LogP contribution in [0.2, 0.25) is 0 Å². The number of aromatic hydroxyl groups is 1. The predicted molar refractivity (Wildman–Crippen MR) is 131 cm³/mol. The Morgan fingerprint density at radius 1 is 1.23 bits per heavy atom. The number of hydrazone groups is 1. The number of benzene rings is 1. The molecule has 4 aliphatic rings. The molecular formula is C23H26N10O2. The number of rotatable bonds is 5. The topological polar surface area (TPSA) is 158 Å². The van der Waals surface area contributed by atoms with Crippen molar-refractivity contribution in [3.63, 3.8) is 0 Å². The van der Waals surface area contributed by atoms with Gasteiger partial charge < -0.3 is 15.4 Å². The van der Waals surface area contributed by atoms with Crippen LogP contribution in [0.5, 0.6) is 5.88 Å². The van der Waals surface area contributed by atoms with E-state index < -0.39 is 11.4 Å². The van der Waals surface area contributed by atoms with E-state index in [1.165, 1.54) is 5.56 Å². The lowest BCUT2D eigenvalue weighted by Gasteiger charge is -2.42. The second kappa shape index (κ2) is 8.22. The fourth-order valence-electron chi connectivity index (χ4n) is 4.47. The number of hydrogen-bond acceptors (Lipinski definition) is 7. The van der Waals surface area contributed by atoms with Crippen molar-refractivity contribution in [2.24, 2.45) is 25.3 Å². The lowest BCUT2D eigenvalue weighted by molar-refractivity contribution is 0.229. The number of H-pyrrole nitrogens is 2. The third kappa shape index (κ3) is 4.00. The lowest BCUT2D eigenvalue weighted by Crippen LogP contribution is -2.68. The van der Waals surface area contributed by atoms with Gasteiger partial charge in [0.1, 0.15) is 5.69 Å². The van der Waals surface area contributed by atoms with E-state index in [0.717, 1.165) is 24.0 Å². The third-order valence-electron chi connectivity index (χ3n) is 6.58. The van der Waals surface area contributed by atoms with Crippen molar-refractivity contribution in [3.05, 3.63) is 57.1 Å². The predicted octanol–water partition coefficient (Wildman–Crippen LogP) is 1.63. The number of aromatic nitrogens is 2. The molecule has 5 N–H and O–H groups in total. The van der Waals surface area contributed by atoms with Gasteiger partial charge in [-0.1, -0.05) is 24.3 Å². The first kappa shape index (κ1) is 21.3. The Balaban J connectivity index is 1.32. The van der Waals surface area contributed by atoms with Crippen molar-refractivity contribution in [1.82, 2.24) is 25.6 Å². The van der Waals surface area contributed by atoms with Crippen molar-refractivity contribution >= 4 is 24.2 Å². The highest BCUT2D eigenvalue weighted by Gasteiger charge is 2.46. The normalized spacial score (nSPS) is 27.1. The minimum Gasteiger partial charge on any atom is -0.493 e. The molecule has 1 aliphatic carbocycles. The zero-order chi connectivity index (χ0) is 24.0. The molecule has 35 heavy (non-hydrogen) atoms. The first-order valence-corrected chi connectivity index (χ1v) is 11.7. The van der Waals surface area contributed by atoms with Gasteiger partial charge in [-0.25, -0.2) is 19.8 Å². The average molecular weight is 475 g/mol. The van der Waals surface area contributed by atoms with E-state index in [9.17, 15) is 9.90 Å². The zero-order valence-corrected chi connectivity index (χ0v) is 19.2. The van der Waals surface area contributed by atoms with Crippen LogP contribution in [0.1, 0.15) is 42.5 Å². The molecule has 1 saturated heterocycles. The Morgan fingerprint density at radius 2 is 2.03 bits per heavy atom. The van der Waals surface area contributed by atoms with Crippen molar-refractivity contribution < 1.29 is 5.11 Å². The van der Waals surface area contributed by atoms with Gasteiger partial charge in [0.05, 0.1) is 31.9 Å². The van der Waals surface area contributed by atoms with E-state index in [1.54, 1.807) is 17.3 Å². The summed E-state index contributed by atoms with van der Waals surface area (Å²) >= 11 is 0. The molecular weight excluding hydrogens is 448 g/mol. The number of imidazole rings is 1. The fourth-order valence-corrected chi connectivity index (χ4v) is 4.47. The molecule has 1 aromatic heterocycles. The Kier molecular flexibility index (Phi) is 5.01. The van der Waals surface area contributed by atoms with E-state index in [2.05, 4.69) is 48.1 Å². The number of aromatic amines is 2. The third-order valence-corrected chi connectivity index (χ3v) is 6.58. The average Bonchev–Trinajstić information content (AvgIpc) is 3.22. The number of aliphatic imine (C=N–C) groups is 2. The molecule has 3 aliphatic heterocycles. The maximum atomic E-state index is 11.6. The van der Waals surface area contributed by atoms with Crippen molar-refractivity contribution in [3.8, 4) is 5.88 Å². The number of guanidine groups is 2. The van der Waals surface area contributed by atoms with Crippen LogP contribution in [0, 0.1) is 0 Å². The van der Waals surface area contributed by atoms with E-state index in [0.29, 0.717) is 31.6 Å². The van der Waals surface area contributed by atoms with Gasteiger partial charge in [-0.15, -0.1) is 0 Å². The Bertz CT molecular complexity index is 1350. The van der Waals surface area contributed by atoms with E-state index in [4.69, 9.17) is 9.98 Å². The van der Waals surface area contributed by atoms with Gasteiger partial charge in [-0.2, -0.15) is 15.3 Å². The molecule has 0 amide bonds. The molecule has 0 spiro atoms. The van der Waals surface area contributed by atoms with Gasteiger partial charge in [-0.3, -0.25) is 10.3 Å². The number of fused-ring (bicyclic) bond motifs is 1. The second-order valence-electron chi connectivity index (χ2n) is 9.21. The van der Waals surface area contributed by atoms with Crippen molar-refractivity contribution in [2.45, 2.75) is 43.9 Å². The Morgan fingerprint density at radius 3 is 2.77 bits per heavy atom. The van der Waals surface area contributed by atoms with Gasteiger partial charge in [0, 0.05) is 11.5 Å². The molecule has 1 unspecified atom stereocenters. The summed E-state index contributed by atoms with van der Waals surface area (Å²) in [6.07, 6.45) is 5.47. The van der Waals surface area contributed by atoms with Crippen LogP contribution in [-0.2, 0) is 6.54 Å². The minimum absolute atomic E-state index is 0.227. The van der Waals surface area contributed by atoms with E-state index >= 15 is 0 Å². The molecule has 1 saturated carbocycles. The Hall–Kier alpha value is -4.22. The largest absolute Gasteiger partial charge is 0.493 e. The fraction of sp³-hybridized carbons (Fsp3) is 0.391. The molecule has 0 bridgehead atoms. The van der Waals surface area contributed by atoms with Gasteiger partial charge in [0.2, 0.25) is 17.8 Å². The van der Waals surface area contributed by atoms with Crippen LogP contribution in [0.3, 0.4) is 0 Å². The standard InChI is InChI=1S/C23H26N10O2/c1-23-15(8-18-19(34)30-22(35)29-18)12-27-33(23)21(28-16-6-7-16)31-20(32-23)24-9-13-4-2-3-5-17(13)14-10-25-26-11-14/h2-5,8,12,14,16,34H,6-7,9-11H2,1H3,(H2,29,30,35)(H2,24,28,31,32)/b15-8+. The number of azo groups is 1. The van der Waals surface area contributed by atoms with E-state index in [1.807, 2.05) is 19.1 Å². The van der Waals surface area contributed by atoms with Crippen LogP contribution in [-0.4, -0.2) is 63.0 Å². The molecule has 2 fully saturated rings. The molecule has 1 aromatic carbocycles. The van der Waals surface area contributed by atoms with Gasteiger partial charge in [-0.05, 0) is 37.0 Å². The summed E-state index contributed by atoms with van der Waals surface area (Å²) in [4.78, 5) is 26.2. The highest BCUT2D eigenvalue weighted by Crippen LogP contribution is 2.33. The maximum absolute atomic E-state index is 11.6. The van der Waals surface area contributed by atoms with Gasteiger partial charge in [0.25, 0.3) is 0 Å². The summed E-state index contributed by atoms with van der Waals surface area (Å²) in [5.74, 6) is 1.24. The first-order valence-electron chi connectivity index (χ1n) is 11.7. The summed E-state index contributed by atoms with van der Waals surface area (Å²) in [5.41, 5.74) is 2.05. The highest BCUT2D eigenvalue weighted by molar-refractivity contribution is 6.06. The molecule has 6 rings (SSSR count). The molecule has 0 radical (unpaired) electrons. The quantitative estimate of drug-likeness (QED) is 0.445. The molecule has 12 heteroatoms. The Labute approximate surface area is 200 Å². The molecule has 2 aromatic rings. The van der Waals surface area contributed by atoms with Gasteiger partial charge in [0.15, 0.2) is 5.66 Å². The van der Waals surface area contributed by atoms with Crippen LogP contribution in [0.4, 0.5) is 0 Å². The van der Waals surface area contributed by atoms with Crippen LogP contribution in [0.15, 0.2) is 59.9 Å². The zero-order valence-electron chi connectivity index (χ0n) is 19.2. The minimum atomic E-state index is -0.818. The molecule has 4 heterocycles. The summed E-state index contributed by atoms with van der Waals surface area (Å²) in [7, 11) is 0. The summed E-state index contributed by atoms with van der Waals surface area (Å²) in [6, 6.07) is 8.53. The van der Waals surface area contributed by atoms with Crippen LogP contribution >= 0.6 is 0 Å².